The van der Waals surface area contributed by atoms with Gasteiger partial charge >= 0.3 is 0 Å². The lowest BCUT2D eigenvalue weighted by Gasteiger charge is -2.12. The van der Waals surface area contributed by atoms with Crippen molar-refractivity contribution >= 4 is 11.6 Å². The van der Waals surface area contributed by atoms with Gasteiger partial charge in [-0.05, 0) is 43.0 Å². The van der Waals surface area contributed by atoms with Crippen LogP contribution in [0.1, 0.15) is 34.8 Å². The summed E-state index contributed by atoms with van der Waals surface area (Å²) >= 11 is 6.22. The quantitative estimate of drug-likeness (QED) is 0.917. The van der Waals surface area contributed by atoms with Gasteiger partial charge in [-0.25, -0.2) is 0 Å². The highest BCUT2D eigenvalue weighted by molar-refractivity contribution is 6.31. The molecule has 0 radical (unpaired) electrons. The van der Waals surface area contributed by atoms with Crippen molar-refractivity contribution in [2.75, 3.05) is 0 Å². The van der Waals surface area contributed by atoms with Crippen LogP contribution in [0.15, 0.2) is 36.4 Å². The number of fused-ring (bicyclic) bond motifs is 1. The maximum atomic E-state index is 9.89. The SMILES string of the molecule is Cc1ccc(COc2cccc3c2CCC3O)c(Cl)c1. The number of aliphatic hydroxyl groups is 1. The molecule has 0 saturated carbocycles. The van der Waals surface area contributed by atoms with E-state index in [1.54, 1.807) is 0 Å². The molecular weight excluding hydrogens is 272 g/mol. The van der Waals surface area contributed by atoms with Crippen molar-refractivity contribution in [3.63, 3.8) is 0 Å². The molecule has 0 amide bonds. The van der Waals surface area contributed by atoms with E-state index in [1.165, 1.54) is 0 Å². The first-order valence-electron chi connectivity index (χ1n) is 6.83. The summed E-state index contributed by atoms with van der Waals surface area (Å²) in [5.41, 5.74) is 4.25. The smallest absolute Gasteiger partial charge is 0.123 e. The Morgan fingerprint density at radius 2 is 2.15 bits per heavy atom. The second-order valence-corrected chi connectivity index (χ2v) is 5.67. The molecule has 0 aromatic heterocycles. The van der Waals surface area contributed by atoms with Gasteiger partial charge in [-0.15, -0.1) is 0 Å². The first-order chi connectivity index (χ1) is 9.65. The Balaban J connectivity index is 1.79. The molecule has 20 heavy (non-hydrogen) atoms. The van der Waals surface area contributed by atoms with Crippen LogP contribution in [0.4, 0.5) is 0 Å². The summed E-state index contributed by atoms with van der Waals surface area (Å²) in [6.45, 7) is 2.47. The van der Waals surface area contributed by atoms with E-state index in [0.29, 0.717) is 6.61 Å². The Morgan fingerprint density at radius 1 is 1.30 bits per heavy atom. The van der Waals surface area contributed by atoms with Crippen LogP contribution < -0.4 is 4.74 Å². The van der Waals surface area contributed by atoms with E-state index in [1.807, 2.05) is 43.3 Å². The second kappa shape index (κ2) is 5.47. The van der Waals surface area contributed by atoms with Crippen LogP contribution >= 0.6 is 11.6 Å². The molecule has 2 aromatic carbocycles. The molecule has 1 unspecified atom stereocenters. The van der Waals surface area contributed by atoms with Gasteiger partial charge < -0.3 is 9.84 Å². The summed E-state index contributed by atoms with van der Waals surface area (Å²) in [6, 6.07) is 11.8. The largest absolute Gasteiger partial charge is 0.489 e. The molecule has 104 valence electrons. The molecule has 2 aromatic rings. The zero-order valence-electron chi connectivity index (χ0n) is 11.4. The van der Waals surface area contributed by atoms with E-state index in [4.69, 9.17) is 16.3 Å². The Bertz CT molecular complexity index is 637. The molecule has 1 atom stereocenters. The molecule has 0 heterocycles. The van der Waals surface area contributed by atoms with Crippen LogP contribution in [0.25, 0.3) is 0 Å². The summed E-state index contributed by atoms with van der Waals surface area (Å²) in [5.74, 6) is 0.857. The first-order valence-corrected chi connectivity index (χ1v) is 7.20. The molecule has 0 saturated heterocycles. The van der Waals surface area contributed by atoms with E-state index in [0.717, 1.165) is 45.9 Å². The predicted molar refractivity (Wildman–Crippen MR) is 80.2 cm³/mol. The van der Waals surface area contributed by atoms with Gasteiger partial charge in [0.2, 0.25) is 0 Å². The molecule has 0 bridgehead atoms. The molecule has 0 aliphatic heterocycles. The number of halogens is 1. The Labute approximate surface area is 124 Å². The topological polar surface area (TPSA) is 29.5 Å². The summed E-state index contributed by atoms with van der Waals surface area (Å²) in [4.78, 5) is 0. The van der Waals surface area contributed by atoms with Crippen LogP contribution in [-0.4, -0.2) is 5.11 Å². The van der Waals surface area contributed by atoms with Gasteiger partial charge in [-0.2, -0.15) is 0 Å². The zero-order valence-corrected chi connectivity index (χ0v) is 12.2. The van der Waals surface area contributed by atoms with E-state index in [9.17, 15) is 5.11 Å². The number of aryl methyl sites for hydroxylation is 1. The summed E-state index contributed by atoms with van der Waals surface area (Å²) in [7, 11) is 0. The van der Waals surface area contributed by atoms with Crippen molar-refractivity contribution in [3.8, 4) is 5.75 Å². The molecule has 1 N–H and O–H groups in total. The molecule has 0 fully saturated rings. The van der Waals surface area contributed by atoms with Gasteiger partial charge in [0.15, 0.2) is 0 Å². The highest BCUT2D eigenvalue weighted by atomic mass is 35.5. The van der Waals surface area contributed by atoms with Crippen LogP contribution in [0.3, 0.4) is 0 Å². The minimum Gasteiger partial charge on any atom is -0.489 e. The lowest BCUT2D eigenvalue weighted by Crippen LogP contribution is -1.99. The Kier molecular flexibility index (Phi) is 3.68. The van der Waals surface area contributed by atoms with Crippen LogP contribution in [0.5, 0.6) is 5.75 Å². The summed E-state index contributed by atoms with van der Waals surface area (Å²) in [5, 5.41) is 10.6. The molecule has 3 rings (SSSR count). The Morgan fingerprint density at radius 3 is 2.95 bits per heavy atom. The normalized spacial score (nSPS) is 17.1. The highest BCUT2D eigenvalue weighted by Crippen LogP contribution is 2.37. The van der Waals surface area contributed by atoms with Crippen molar-refractivity contribution < 1.29 is 9.84 Å². The van der Waals surface area contributed by atoms with Crippen molar-refractivity contribution in [2.24, 2.45) is 0 Å². The highest BCUT2D eigenvalue weighted by Gasteiger charge is 2.23. The number of rotatable bonds is 3. The van der Waals surface area contributed by atoms with Crippen molar-refractivity contribution in [1.82, 2.24) is 0 Å². The van der Waals surface area contributed by atoms with Crippen molar-refractivity contribution in [3.05, 3.63) is 63.7 Å². The fourth-order valence-electron chi connectivity index (χ4n) is 2.66. The third kappa shape index (κ3) is 2.54. The minimum absolute atomic E-state index is 0.350. The van der Waals surface area contributed by atoms with Crippen LogP contribution in [0.2, 0.25) is 5.02 Å². The Hall–Kier alpha value is -1.51. The van der Waals surface area contributed by atoms with Gasteiger partial charge in [0.05, 0.1) is 6.10 Å². The van der Waals surface area contributed by atoms with E-state index < -0.39 is 0 Å². The first kappa shape index (κ1) is 13.5. The standard InChI is InChI=1S/C17H17ClO2/c1-11-5-6-12(15(18)9-11)10-20-17-4-2-3-13-14(17)7-8-16(13)19/h2-6,9,16,19H,7-8,10H2,1H3. The number of aliphatic hydroxyl groups excluding tert-OH is 1. The van der Waals surface area contributed by atoms with Gasteiger partial charge in [0.1, 0.15) is 12.4 Å². The molecule has 1 aliphatic carbocycles. The monoisotopic (exact) mass is 288 g/mol. The fraction of sp³-hybridized carbons (Fsp3) is 0.294. The molecule has 2 nitrogen and oxygen atoms in total. The van der Waals surface area contributed by atoms with Gasteiger partial charge in [0, 0.05) is 16.1 Å². The van der Waals surface area contributed by atoms with Crippen molar-refractivity contribution in [2.45, 2.75) is 32.5 Å². The third-order valence-electron chi connectivity index (χ3n) is 3.79. The maximum Gasteiger partial charge on any atom is 0.123 e. The zero-order chi connectivity index (χ0) is 14.1. The number of hydrogen-bond acceptors (Lipinski definition) is 2. The van der Waals surface area contributed by atoms with E-state index >= 15 is 0 Å². The summed E-state index contributed by atoms with van der Waals surface area (Å²) in [6.07, 6.45) is 1.30. The molecule has 1 aliphatic rings. The minimum atomic E-state index is -0.350. The van der Waals surface area contributed by atoms with Crippen molar-refractivity contribution in [1.29, 1.82) is 0 Å². The van der Waals surface area contributed by atoms with E-state index in [2.05, 4.69) is 0 Å². The van der Waals surface area contributed by atoms with E-state index in [-0.39, 0.29) is 6.10 Å². The maximum absolute atomic E-state index is 9.89. The number of benzene rings is 2. The average molecular weight is 289 g/mol. The predicted octanol–water partition coefficient (Wildman–Crippen LogP) is 4.21. The molecular formula is C17H17ClO2. The van der Waals surface area contributed by atoms with Gasteiger partial charge in [-0.3, -0.25) is 0 Å². The molecule has 3 heteroatoms. The van der Waals surface area contributed by atoms with Gasteiger partial charge in [-0.1, -0.05) is 35.9 Å². The van der Waals surface area contributed by atoms with Gasteiger partial charge in [0.25, 0.3) is 0 Å². The van der Waals surface area contributed by atoms with Crippen LogP contribution in [-0.2, 0) is 13.0 Å². The second-order valence-electron chi connectivity index (χ2n) is 5.26. The lowest BCUT2D eigenvalue weighted by atomic mass is 10.1. The molecule has 0 spiro atoms. The third-order valence-corrected chi connectivity index (χ3v) is 4.14. The average Bonchev–Trinajstić information content (AvgIpc) is 2.80. The lowest BCUT2D eigenvalue weighted by molar-refractivity contribution is 0.180. The summed E-state index contributed by atoms with van der Waals surface area (Å²) < 4.78 is 5.91. The number of hydrogen-bond donors (Lipinski definition) is 1. The van der Waals surface area contributed by atoms with Crippen LogP contribution in [0, 0.1) is 6.92 Å². The fourth-order valence-corrected chi connectivity index (χ4v) is 2.95. The number of ether oxygens (including phenoxy) is 1.